The van der Waals surface area contributed by atoms with E-state index in [2.05, 4.69) is 10.2 Å². The molecule has 19 heavy (non-hydrogen) atoms. The largest absolute Gasteiger partial charge is 0.266 e. The van der Waals surface area contributed by atoms with Crippen LogP contribution in [0.2, 0.25) is 5.15 Å². The fourth-order valence-corrected chi connectivity index (χ4v) is 3.00. The zero-order valence-electron chi connectivity index (χ0n) is 10.8. The number of nitrogens with one attached hydrogen (secondary N) is 1. The van der Waals surface area contributed by atoms with E-state index in [9.17, 15) is 8.42 Å². The van der Waals surface area contributed by atoms with Gasteiger partial charge in [0.1, 0.15) is 5.15 Å². The van der Waals surface area contributed by atoms with Crippen molar-refractivity contribution in [1.82, 2.24) is 14.5 Å². The van der Waals surface area contributed by atoms with Gasteiger partial charge in [-0.3, -0.25) is 5.10 Å². The van der Waals surface area contributed by atoms with E-state index in [0.29, 0.717) is 5.15 Å². The van der Waals surface area contributed by atoms with Gasteiger partial charge >= 0.3 is 0 Å². The van der Waals surface area contributed by atoms with Gasteiger partial charge < -0.3 is 0 Å². The van der Waals surface area contributed by atoms with Gasteiger partial charge in [0, 0.05) is 19.7 Å². The summed E-state index contributed by atoms with van der Waals surface area (Å²) in [6.45, 7) is 1.81. The van der Waals surface area contributed by atoms with Crippen LogP contribution in [0.25, 0.3) is 11.1 Å². The van der Waals surface area contributed by atoms with Crippen molar-refractivity contribution in [3.63, 3.8) is 0 Å². The first-order chi connectivity index (χ1) is 8.84. The molecule has 0 fully saturated rings. The van der Waals surface area contributed by atoms with Crippen molar-refractivity contribution in [2.75, 3.05) is 14.1 Å². The van der Waals surface area contributed by atoms with Gasteiger partial charge in [0.25, 0.3) is 0 Å². The van der Waals surface area contributed by atoms with E-state index in [0.717, 1.165) is 16.8 Å². The summed E-state index contributed by atoms with van der Waals surface area (Å²) < 4.78 is 25.4. The number of halogens is 1. The van der Waals surface area contributed by atoms with Crippen molar-refractivity contribution < 1.29 is 8.42 Å². The monoisotopic (exact) mass is 299 g/mol. The lowest BCUT2D eigenvalue weighted by Gasteiger charge is -2.12. The van der Waals surface area contributed by atoms with Gasteiger partial charge in [0.05, 0.1) is 10.6 Å². The molecule has 0 unspecified atom stereocenters. The van der Waals surface area contributed by atoms with Gasteiger partial charge in [-0.2, -0.15) is 5.10 Å². The minimum Gasteiger partial charge on any atom is -0.266 e. The Kier molecular flexibility index (Phi) is 3.66. The van der Waals surface area contributed by atoms with Gasteiger partial charge in [-0.1, -0.05) is 23.7 Å². The molecule has 0 bridgehead atoms. The summed E-state index contributed by atoms with van der Waals surface area (Å²) in [5.41, 5.74) is 2.17. The highest BCUT2D eigenvalue weighted by Crippen LogP contribution is 2.30. The maximum atomic E-state index is 12.1. The van der Waals surface area contributed by atoms with Gasteiger partial charge in [-0.15, -0.1) is 0 Å². The third-order valence-corrected chi connectivity index (χ3v) is 4.89. The van der Waals surface area contributed by atoms with E-state index in [1.165, 1.54) is 18.4 Å². The fourth-order valence-electron chi connectivity index (χ4n) is 1.76. The Morgan fingerprint density at radius 1 is 1.32 bits per heavy atom. The van der Waals surface area contributed by atoms with Gasteiger partial charge in [0.2, 0.25) is 10.0 Å². The lowest BCUT2D eigenvalue weighted by atomic mass is 10.1. The molecule has 1 heterocycles. The van der Waals surface area contributed by atoms with Crippen molar-refractivity contribution in [3.05, 3.63) is 35.1 Å². The normalized spacial score (nSPS) is 12.1. The van der Waals surface area contributed by atoms with Crippen molar-refractivity contribution >= 4 is 21.6 Å². The second kappa shape index (κ2) is 4.96. The first-order valence-corrected chi connectivity index (χ1v) is 7.39. The second-order valence-corrected chi connectivity index (χ2v) is 6.84. The predicted octanol–water partition coefficient (Wildman–Crippen LogP) is 2.29. The third-order valence-electron chi connectivity index (χ3n) is 2.80. The van der Waals surface area contributed by atoms with Crippen LogP contribution in [0, 0.1) is 6.92 Å². The number of nitrogens with zero attached hydrogens (tertiary/aromatic N) is 2. The van der Waals surface area contributed by atoms with Gasteiger partial charge in [-0.25, -0.2) is 12.7 Å². The minimum atomic E-state index is -3.46. The highest BCUT2D eigenvalue weighted by atomic mass is 35.5. The average Bonchev–Trinajstić information content (AvgIpc) is 2.69. The molecule has 7 heteroatoms. The predicted molar refractivity (Wildman–Crippen MR) is 74.6 cm³/mol. The van der Waals surface area contributed by atoms with E-state index in [1.807, 2.05) is 6.92 Å². The van der Waals surface area contributed by atoms with Gasteiger partial charge in [0.15, 0.2) is 0 Å². The number of rotatable bonds is 3. The third kappa shape index (κ3) is 2.51. The molecule has 1 aromatic heterocycles. The Morgan fingerprint density at radius 3 is 2.53 bits per heavy atom. The first kappa shape index (κ1) is 14.0. The number of aromatic nitrogens is 2. The molecule has 2 rings (SSSR count). The lowest BCUT2D eigenvalue weighted by Crippen LogP contribution is -2.22. The number of sulfonamides is 1. The van der Waals surface area contributed by atoms with Crippen LogP contribution in [0.3, 0.4) is 0 Å². The molecule has 0 aliphatic rings. The number of H-pyrrole nitrogens is 1. The molecule has 0 saturated heterocycles. The van der Waals surface area contributed by atoms with E-state index in [4.69, 9.17) is 11.6 Å². The second-order valence-electron chi connectivity index (χ2n) is 4.31. The zero-order chi connectivity index (χ0) is 14.2. The smallest absolute Gasteiger partial charge is 0.242 e. The van der Waals surface area contributed by atoms with Gasteiger partial charge in [-0.05, 0) is 24.6 Å². The zero-order valence-corrected chi connectivity index (χ0v) is 12.4. The van der Waals surface area contributed by atoms with Crippen LogP contribution in [-0.4, -0.2) is 37.0 Å². The molecular weight excluding hydrogens is 286 g/mol. The molecule has 0 amide bonds. The van der Waals surface area contributed by atoms with E-state index >= 15 is 0 Å². The Bertz CT molecular complexity index is 688. The summed E-state index contributed by atoms with van der Waals surface area (Å²) in [5, 5.41) is 7.07. The topological polar surface area (TPSA) is 66.1 Å². The SMILES string of the molecule is Cc1n[nH]c(Cl)c1-c1cccc(S(=O)(=O)N(C)C)c1. The van der Waals surface area contributed by atoms with Crippen molar-refractivity contribution in [3.8, 4) is 11.1 Å². The molecule has 0 atom stereocenters. The Morgan fingerprint density at radius 2 is 2.00 bits per heavy atom. The molecule has 5 nitrogen and oxygen atoms in total. The van der Waals surface area contributed by atoms with E-state index in [-0.39, 0.29) is 4.90 Å². The van der Waals surface area contributed by atoms with Crippen LogP contribution in [0.5, 0.6) is 0 Å². The summed E-state index contributed by atoms with van der Waals surface area (Å²) in [5.74, 6) is 0. The molecule has 1 aromatic carbocycles. The van der Waals surface area contributed by atoms with Crippen molar-refractivity contribution in [2.45, 2.75) is 11.8 Å². The summed E-state index contributed by atoms with van der Waals surface area (Å²) in [6.07, 6.45) is 0. The molecule has 0 spiro atoms. The highest BCUT2D eigenvalue weighted by molar-refractivity contribution is 7.89. The standard InChI is InChI=1S/C12H14ClN3O2S/c1-8-11(12(13)15-14-8)9-5-4-6-10(7-9)19(17,18)16(2)3/h4-7H,1-3H3,(H,14,15). The van der Waals surface area contributed by atoms with Crippen molar-refractivity contribution in [2.24, 2.45) is 0 Å². The van der Waals surface area contributed by atoms with Crippen LogP contribution < -0.4 is 0 Å². The molecule has 2 aromatic rings. The Balaban J connectivity index is 2.59. The summed E-state index contributed by atoms with van der Waals surface area (Å²) in [7, 11) is -0.460. The van der Waals surface area contributed by atoms with Crippen LogP contribution in [-0.2, 0) is 10.0 Å². The highest BCUT2D eigenvalue weighted by Gasteiger charge is 2.19. The molecule has 0 aliphatic heterocycles. The molecule has 0 radical (unpaired) electrons. The van der Waals surface area contributed by atoms with Crippen LogP contribution in [0.15, 0.2) is 29.2 Å². The number of aromatic amines is 1. The molecule has 1 N–H and O–H groups in total. The van der Waals surface area contributed by atoms with Crippen LogP contribution in [0.4, 0.5) is 0 Å². The maximum Gasteiger partial charge on any atom is 0.242 e. The summed E-state index contributed by atoms with van der Waals surface area (Å²) >= 11 is 6.03. The summed E-state index contributed by atoms with van der Waals surface area (Å²) in [6, 6.07) is 6.65. The summed E-state index contributed by atoms with van der Waals surface area (Å²) in [4.78, 5) is 0.228. The van der Waals surface area contributed by atoms with E-state index in [1.54, 1.807) is 24.3 Å². The first-order valence-electron chi connectivity index (χ1n) is 5.57. The van der Waals surface area contributed by atoms with Crippen LogP contribution in [0.1, 0.15) is 5.69 Å². The molecule has 0 aliphatic carbocycles. The van der Waals surface area contributed by atoms with Crippen LogP contribution >= 0.6 is 11.6 Å². The molecule has 0 saturated carbocycles. The number of aryl methyl sites for hydroxylation is 1. The minimum absolute atomic E-state index is 0.228. The lowest BCUT2D eigenvalue weighted by molar-refractivity contribution is 0.521. The maximum absolute atomic E-state index is 12.1. The quantitative estimate of drug-likeness (QED) is 0.945. The van der Waals surface area contributed by atoms with E-state index < -0.39 is 10.0 Å². The Hall–Kier alpha value is -1.37. The number of hydrogen-bond acceptors (Lipinski definition) is 3. The molecular formula is C12H14ClN3O2S. The van der Waals surface area contributed by atoms with Crippen molar-refractivity contribution in [1.29, 1.82) is 0 Å². The number of hydrogen-bond donors (Lipinski definition) is 1. The number of benzene rings is 1. The fraction of sp³-hybridized carbons (Fsp3) is 0.250. The molecule has 102 valence electrons. The Labute approximate surface area is 117 Å². The average molecular weight is 300 g/mol.